The van der Waals surface area contributed by atoms with Crippen LogP contribution in [0.4, 0.5) is 0 Å². The van der Waals surface area contributed by atoms with Crippen LogP contribution in [0, 0.1) is 0 Å². The molecule has 0 aliphatic carbocycles. The van der Waals surface area contributed by atoms with Crippen LogP contribution in [0.3, 0.4) is 0 Å². The molecule has 0 radical (unpaired) electrons. The van der Waals surface area contributed by atoms with Crippen molar-refractivity contribution in [1.82, 2.24) is 15.0 Å². The summed E-state index contributed by atoms with van der Waals surface area (Å²) in [4.78, 5) is 0. The molecule has 0 unspecified atom stereocenters. The van der Waals surface area contributed by atoms with Crippen LogP contribution >= 0.6 is 0 Å². The highest BCUT2D eigenvalue weighted by Crippen LogP contribution is 1.96. The number of methoxy groups -OCH3 is 1. The van der Waals surface area contributed by atoms with Gasteiger partial charge in [-0.25, -0.2) is 4.68 Å². The van der Waals surface area contributed by atoms with E-state index in [1.165, 1.54) is 0 Å². The van der Waals surface area contributed by atoms with Gasteiger partial charge in [0.1, 0.15) is 5.69 Å². The Balaban J connectivity index is 1.97. The topological polar surface area (TPSA) is 67.6 Å². The van der Waals surface area contributed by atoms with Crippen LogP contribution < -0.4 is 0 Å². The third kappa shape index (κ3) is 9.12. The Hall–Kier alpha value is -1.50. The molecule has 21 heavy (non-hydrogen) atoms. The second-order valence-electron chi connectivity index (χ2n) is 4.04. The van der Waals surface area contributed by atoms with Crippen molar-refractivity contribution in [1.29, 1.82) is 0 Å². The summed E-state index contributed by atoms with van der Waals surface area (Å²) in [5, 5.41) is 7.88. The summed E-state index contributed by atoms with van der Waals surface area (Å²) in [7, 11) is 1.65. The Labute approximate surface area is 125 Å². The highest BCUT2D eigenvalue weighted by atomic mass is 16.6. The SMILES string of the molecule is CC=C=Cn1cc(COCCOCCOCCOC)nn1. The first-order valence-corrected chi connectivity index (χ1v) is 6.87. The van der Waals surface area contributed by atoms with E-state index in [0.717, 1.165) is 5.69 Å². The fourth-order valence-electron chi connectivity index (χ4n) is 1.35. The molecule has 118 valence electrons. The van der Waals surface area contributed by atoms with E-state index in [-0.39, 0.29) is 0 Å². The van der Waals surface area contributed by atoms with Crippen molar-refractivity contribution in [3.05, 3.63) is 23.7 Å². The lowest BCUT2D eigenvalue weighted by atomic mass is 10.5. The lowest BCUT2D eigenvalue weighted by Crippen LogP contribution is -2.11. The number of aromatic nitrogens is 3. The third-order valence-corrected chi connectivity index (χ3v) is 2.36. The number of allylic oxidation sites excluding steroid dienone is 1. The van der Waals surface area contributed by atoms with E-state index in [1.807, 2.05) is 6.92 Å². The van der Waals surface area contributed by atoms with E-state index in [1.54, 1.807) is 30.3 Å². The van der Waals surface area contributed by atoms with Crippen LogP contribution in [0.15, 0.2) is 18.0 Å². The molecule has 1 aromatic rings. The maximum Gasteiger partial charge on any atom is 0.109 e. The summed E-state index contributed by atoms with van der Waals surface area (Å²) in [5.74, 6) is 0. The normalized spacial score (nSPS) is 10.4. The second-order valence-corrected chi connectivity index (χ2v) is 4.04. The van der Waals surface area contributed by atoms with Crippen molar-refractivity contribution in [2.24, 2.45) is 0 Å². The van der Waals surface area contributed by atoms with Gasteiger partial charge in [-0.15, -0.1) is 10.8 Å². The molecule has 1 rings (SSSR count). The van der Waals surface area contributed by atoms with E-state index in [0.29, 0.717) is 46.2 Å². The first kappa shape index (κ1) is 17.6. The van der Waals surface area contributed by atoms with Gasteiger partial charge in [0.25, 0.3) is 0 Å². The Morgan fingerprint density at radius 2 is 1.76 bits per heavy atom. The van der Waals surface area contributed by atoms with E-state index < -0.39 is 0 Å². The molecule has 0 spiro atoms. The van der Waals surface area contributed by atoms with Crippen molar-refractivity contribution >= 4 is 6.20 Å². The minimum atomic E-state index is 0.414. The predicted molar refractivity (Wildman–Crippen MR) is 77.7 cm³/mol. The molecule has 0 bridgehead atoms. The van der Waals surface area contributed by atoms with E-state index in [2.05, 4.69) is 16.0 Å². The fraction of sp³-hybridized carbons (Fsp3) is 0.643. The quantitative estimate of drug-likeness (QED) is 0.425. The van der Waals surface area contributed by atoms with E-state index in [4.69, 9.17) is 18.9 Å². The predicted octanol–water partition coefficient (Wildman–Crippen LogP) is 1.12. The average Bonchev–Trinajstić information content (AvgIpc) is 2.95. The minimum Gasteiger partial charge on any atom is -0.382 e. The molecule has 0 aromatic carbocycles. The van der Waals surface area contributed by atoms with Gasteiger partial charge in [-0.2, -0.15) is 0 Å². The first-order chi connectivity index (χ1) is 10.4. The maximum atomic E-state index is 5.44. The van der Waals surface area contributed by atoms with Crippen LogP contribution in [0.1, 0.15) is 12.6 Å². The Kier molecular flexibility index (Phi) is 10.2. The Morgan fingerprint density at radius 3 is 2.43 bits per heavy atom. The lowest BCUT2D eigenvalue weighted by Gasteiger charge is -2.05. The summed E-state index contributed by atoms with van der Waals surface area (Å²) >= 11 is 0. The molecule has 0 aliphatic rings. The first-order valence-electron chi connectivity index (χ1n) is 6.87. The summed E-state index contributed by atoms with van der Waals surface area (Å²) in [6, 6.07) is 0. The number of rotatable bonds is 12. The maximum absolute atomic E-state index is 5.44. The summed E-state index contributed by atoms with van der Waals surface area (Å²) in [5.41, 5.74) is 3.69. The van der Waals surface area contributed by atoms with Crippen LogP contribution in [-0.4, -0.2) is 61.7 Å². The molecule has 0 saturated carbocycles. The molecule has 0 amide bonds. The number of ether oxygens (including phenoxy) is 4. The monoisotopic (exact) mass is 297 g/mol. The number of hydrogen-bond acceptors (Lipinski definition) is 6. The average molecular weight is 297 g/mol. The molecular formula is C14H23N3O4. The summed E-state index contributed by atoms with van der Waals surface area (Å²) in [6.07, 6.45) is 5.29. The van der Waals surface area contributed by atoms with Crippen LogP contribution in [0.2, 0.25) is 0 Å². The van der Waals surface area contributed by atoms with Gasteiger partial charge in [-0.1, -0.05) is 5.21 Å². The molecular weight excluding hydrogens is 274 g/mol. The van der Waals surface area contributed by atoms with Gasteiger partial charge in [0, 0.05) is 7.11 Å². The zero-order valence-corrected chi connectivity index (χ0v) is 12.7. The summed E-state index contributed by atoms with van der Waals surface area (Å²) < 4.78 is 22.5. The molecule has 0 fully saturated rings. The van der Waals surface area contributed by atoms with Gasteiger partial charge >= 0.3 is 0 Å². The third-order valence-electron chi connectivity index (χ3n) is 2.36. The molecule has 1 aromatic heterocycles. The molecule has 0 saturated heterocycles. The molecule has 0 N–H and O–H groups in total. The zero-order chi connectivity index (χ0) is 15.2. The molecule has 1 heterocycles. The van der Waals surface area contributed by atoms with Gasteiger partial charge in [-0.3, -0.25) is 0 Å². The largest absolute Gasteiger partial charge is 0.382 e. The van der Waals surface area contributed by atoms with Crippen molar-refractivity contribution in [2.45, 2.75) is 13.5 Å². The molecule has 0 aliphatic heterocycles. The minimum absolute atomic E-state index is 0.414. The van der Waals surface area contributed by atoms with Gasteiger partial charge in [-0.05, 0) is 13.0 Å². The van der Waals surface area contributed by atoms with Gasteiger partial charge in [0.15, 0.2) is 0 Å². The van der Waals surface area contributed by atoms with Crippen LogP contribution in [0.25, 0.3) is 6.20 Å². The van der Waals surface area contributed by atoms with Gasteiger partial charge < -0.3 is 18.9 Å². The fourth-order valence-corrected chi connectivity index (χ4v) is 1.35. The standard InChI is InChI=1S/C14H23N3O4/c1-3-4-5-17-12-14(15-16-17)13-21-11-10-20-9-8-19-7-6-18-2/h3,5,12H,6-11,13H2,1-2H3. The highest BCUT2D eigenvalue weighted by Gasteiger charge is 1.99. The number of hydrogen-bond donors (Lipinski definition) is 0. The number of nitrogens with zero attached hydrogens (tertiary/aromatic N) is 3. The van der Waals surface area contributed by atoms with Gasteiger partial charge in [0.05, 0.1) is 58.6 Å². The molecule has 7 heteroatoms. The summed E-state index contributed by atoms with van der Waals surface area (Å²) in [6.45, 7) is 5.65. The van der Waals surface area contributed by atoms with Crippen molar-refractivity contribution in [3.63, 3.8) is 0 Å². The van der Waals surface area contributed by atoms with E-state index >= 15 is 0 Å². The molecule has 0 atom stereocenters. The Bertz CT molecular complexity index is 428. The Morgan fingerprint density at radius 1 is 1.10 bits per heavy atom. The lowest BCUT2D eigenvalue weighted by molar-refractivity contribution is 0.000458. The van der Waals surface area contributed by atoms with E-state index in [9.17, 15) is 0 Å². The smallest absolute Gasteiger partial charge is 0.109 e. The highest BCUT2D eigenvalue weighted by molar-refractivity contribution is 5.18. The van der Waals surface area contributed by atoms with Crippen molar-refractivity contribution in [3.8, 4) is 0 Å². The van der Waals surface area contributed by atoms with Gasteiger partial charge in [0.2, 0.25) is 0 Å². The zero-order valence-electron chi connectivity index (χ0n) is 12.7. The van der Waals surface area contributed by atoms with Crippen LogP contribution in [-0.2, 0) is 25.6 Å². The van der Waals surface area contributed by atoms with Crippen molar-refractivity contribution < 1.29 is 18.9 Å². The molecule has 7 nitrogen and oxygen atoms in total. The van der Waals surface area contributed by atoms with Crippen LogP contribution in [0.5, 0.6) is 0 Å². The second kappa shape index (κ2) is 12.3. The van der Waals surface area contributed by atoms with Crippen molar-refractivity contribution in [2.75, 3.05) is 46.8 Å².